The zero-order valence-electron chi connectivity index (χ0n) is 11.0. The standard InChI is InChI=1S/C14H19ClFNO2/c1-10(13-6-3-8-18-13)17-7-9-19-14-11(15)4-2-5-12(14)16/h2,4-5,10,13,17H,3,6-9H2,1H3. The highest BCUT2D eigenvalue weighted by atomic mass is 35.5. The van der Waals surface area contributed by atoms with Crippen molar-refractivity contribution >= 4 is 11.6 Å². The van der Waals surface area contributed by atoms with Gasteiger partial charge in [-0.3, -0.25) is 0 Å². The highest BCUT2D eigenvalue weighted by molar-refractivity contribution is 6.32. The lowest BCUT2D eigenvalue weighted by atomic mass is 10.1. The molecule has 0 aliphatic carbocycles. The number of hydrogen-bond acceptors (Lipinski definition) is 3. The van der Waals surface area contributed by atoms with Gasteiger partial charge < -0.3 is 14.8 Å². The highest BCUT2D eigenvalue weighted by Crippen LogP contribution is 2.26. The zero-order valence-corrected chi connectivity index (χ0v) is 11.8. The Bertz CT molecular complexity index is 390. The van der Waals surface area contributed by atoms with Gasteiger partial charge in [0.25, 0.3) is 0 Å². The average molecular weight is 288 g/mol. The van der Waals surface area contributed by atoms with Gasteiger partial charge in [0.15, 0.2) is 11.6 Å². The van der Waals surface area contributed by atoms with Crippen LogP contribution in [0.5, 0.6) is 5.75 Å². The first-order chi connectivity index (χ1) is 9.18. The normalized spacial score (nSPS) is 20.5. The van der Waals surface area contributed by atoms with Crippen molar-refractivity contribution in [2.75, 3.05) is 19.8 Å². The van der Waals surface area contributed by atoms with Gasteiger partial charge in [0, 0.05) is 19.2 Å². The average Bonchev–Trinajstić information content (AvgIpc) is 2.91. The number of rotatable bonds is 6. The molecular formula is C14H19ClFNO2. The summed E-state index contributed by atoms with van der Waals surface area (Å²) >= 11 is 5.87. The van der Waals surface area contributed by atoms with Crippen molar-refractivity contribution in [3.63, 3.8) is 0 Å². The fourth-order valence-electron chi connectivity index (χ4n) is 2.19. The molecule has 0 bridgehead atoms. The first kappa shape index (κ1) is 14.6. The molecule has 2 unspecified atom stereocenters. The number of halogens is 2. The summed E-state index contributed by atoms with van der Waals surface area (Å²) < 4.78 is 24.4. The predicted octanol–water partition coefficient (Wildman–Crippen LogP) is 3.02. The molecule has 106 valence electrons. The second kappa shape index (κ2) is 7.08. The van der Waals surface area contributed by atoms with Crippen LogP contribution in [0.4, 0.5) is 4.39 Å². The lowest BCUT2D eigenvalue weighted by molar-refractivity contribution is 0.0824. The van der Waals surface area contributed by atoms with E-state index >= 15 is 0 Å². The van der Waals surface area contributed by atoms with Crippen molar-refractivity contribution in [1.82, 2.24) is 5.32 Å². The summed E-state index contributed by atoms with van der Waals surface area (Å²) in [6.45, 7) is 3.94. The van der Waals surface area contributed by atoms with E-state index in [1.54, 1.807) is 12.1 Å². The number of ether oxygens (including phenoxy) is 2. The zero-order chi connectivity index (χ0) is 13.7. The van der Waals surface area contributed by atoms with Crippen molar-refractivity contribution < 1.29 is 13.9 Å². The first-order valence-corrected chi connectivity index (χ1v) is 6.98. The third-order valence-electron chi connectivity index (χ3n) is 3.26. The van der Waals surface area contributed by atoms with Crippen molar-refractivity contribution in [3.05, 3.63) is 29.0 Å². The minimum absolute atomic E-state index is 0.121. The van der Waals surface area contributed by atoms with E-state index in [0.29, 0.717) is 18.2 Å². The molecule has 2 rings (SSSR count). The van der Waals surface area contributed by atoms with Gasteiger partial charge in [-0.25, -0.2) is 4.39 Å². The second-order valence-electron chi connectivity index (χ2n) is 4.69. The van der Waals surface area contributed by atoms with Crippen LogP contribution in [-0.2, 0) is 4.74 Å². The monoisotopic (exact) mass is 287 g/mol. The molecule has 3 nitrogen and oxygen atoms in total. The Morgan fingerprint density at radius 3 is 3.11 bits per heavy atom. The molecule has 2 atom stereocenters. The Hall–Kier alpha value is -0.840. The van der Waals surface area contributed by atoms with Gasteiger partial charge in [0.05, 0.1) is 11.1 Å². The molecule has 0 saturated carbocycles. The smallest absolute Gasteiger partial charge is 0.173 e. The second-order valence-corrected chi connectivity index (χ2v) is 5.10. The number of hydrogen-bond donors (Lipinski definition) is 1. The highest BCUT2D eigenvalue weighted by Gasteiger charge is 2.21. The third kappa shape index (κ3) is 4.06. The van der Waals surface area contributed by atoms with Gasteiger partial charge >= 0.3 is 0 Å². The fraction of sp³-hybridized carbons (Fsp3) is 0.571. The first-order valence-electron chi connectivity index (χ1n) is 6.60. The topological polar surface area (TPSA) is 30.5 Å². The number of para-hydroxylation sites is 1. The minimum atomic E-state index is -0.431. The Morgan fingerprint density at radius 2 is 2.42 bits per heavy atom. The van der Waals surface area contributed by atoms with E-state index in [9.17, 15) is 4.39 Å². The van der Waals surface area contributed by atoms with E-state index in [2.05, 4.69) is 12.2 Å². The molecule has 0 spiro atoms. The van der Waals surface area contributed by atoms with Gasteiger partial charge in [-0.2, -0.15) is 0 Å². The minimum Gasteiger partial charge on any atom is -0.488 e. The molecule has 1 heterocycles. The lowest BCUT2D eigenvalue weighted by Crippen LogP contribution is -2.39. The van der Waals surface area contributed by atoms with Crippen LogP contribution in [-0.4, -0.2) is 31.9 Å². The molecule has 1 saturated heterocycles. The molecule has 1 fully saturated rings. The summed E-state index contributed by atoms with van der Waals surface area (Å²) in [5, 5.41) is 3.62. The van der Waals surface area contributed by atoms with Gasteiger partial charge in [0.1, 0.15) is 6.61 Å². The van der Waals surface area contributed by atoms with Crippen LogP contribution in [0.2, 0.25) is 5.02 Å². The van der Waals surface area contributed by atoms with E-state index < -0.39 is 5.82 Å². The summed E-state index contributed by atoms with van der Waals surface area (Å²) in [4.78, 5) is 0. The Kier molecular flexibility index (Phi) is 5.43. The molecule has 1 aromatic rings. The molecule has 19 heavy (non-hydrogen) atoms. The van der Waals surface area contributed by atoms with Gasteiger partial charge in [-0.1, -0.05) is 17.7 Å². The summed E-state index contributed by atoms with van der Waals surface area (Å²) in [5.74, 6) is -0.310. The van der Waals surface area contributed by atoms with Crippen molar-refractivity contribution in [1.29, 1.82) is 0 Å². The predicted molar refractivity (Wildman–Crippen MR) is 73.3 cm³/mol. The SMILES string of the molecule is CC(NCCOc1c(F)cccc1Cl)C1CCCO1. The Balaban J connectivity index is 1.71. The maximum atomic E-state index is 13.4. The summed E-state index contributed by atoms with van der Waals surface area (Å²) in [6.07, 6.45) is 2.49. The molecule has 0 amide bonds. The fourth-order valence-corrected chi connectivity index (χ4v) is 2.41. The molecule has 5 heteroatoms. The summed E-state index contributed by atoms with van der Waals surface area (Å²) in [5.41, 5.74) is 0. The lowest BCUT2D eigenvalue weighted by Gasteiger charge is -2.20. The molecular weight excluding hydrogens is 269 g/mol. The van der Waals surface area contributed by atoms with Crippen LogP contribution >= 0.6 is 11.6 Å². The van der Waals surface area contributed by atoms with Gasteiger partial charge in [-0.05, 0) is 31.9 Å². The molecule has 1 aliphatic heterocycles. The Morgan fingerprint density at radius 1 is 1.58 bits per heavy atom. The Labute approximate surface area is 118 Å². The molecule has 1 N–H and O–H groups in total. The van der Waals surface area contributed by atoms with Gasteiger partial charge in [0.2, 0.25) is 0 Å². The van der Waals surface area contributed by atoms with E-state index in [1.165, 1.54) is 6.07 Å². The molecule has 1 aliphatic rings. The van der Waals surface area contributed by atoms with Crippen LogP contribution in [0.25, 0.3) is 0 Å². The maximum absolute atomic E-state index is 13.4. The quantitative estimate of drug-likeness (QED) is 0.816. The van der Waals surface area contributed by atoms with E-state index in [1.807, 2.05) is 0 Å². The maximum Gasteiger partial charge on any atom is 0.173 e. The van der Waals surface area contributed by atoms with Crippen LogP contribution in [0.1, 0.15) is 19.8 Å². The van der Waals surface area contributed by atoms with E-state index in [0.717, 1.165) is 19.4 Å². The van der Waals surface area contributed by atoms with Crippen molar-refractivity contribution in [2.24, 2.45) is 0 Å². The summed E-state index contributed by atoms with van der Waals surface area (Å²) in [7, 11) is 0. The molecule has 1 aromatic carbocycles. The van der Waals surface area contributed by atoms with E-state index in [-0.39, 0.29) is 17.9 Å². The third-order valence-corrected chi connectivity index (χ3v) is 3.55. The summed E-state index contributed by atoms with van der Waals surface area (Å²) in [6, 6.07) is 4.79. The molecule has 0 radical (unpaired) electrons. The van der Waals surface area contributed by atoms with Crippen LogP contribution in [0.3, 0.4) is 0 Å². The number of benzene rings is 1. The largest absolute Gasteiger partial charge is 0.488 e. The van der Waals surface area contributed by atoms with Crippen molar-refractivity contribution in [2.45, 2.75) is 31.9 Å². The van der Waals surface area contributed by atoms with Crippen molar-refractivity contribution in [3.8, 4) is 5.75 Å². The van der Waals surface area contributed by atoms with E-state index in [4.69, 9.17) is 21.1 Å². The number of nitrogens with one attached hydrogen (secondary N) is 1. The van der Waals surface area contributed by atoms with Gasteiger partial charge in [-0.15, -0.1) is 0 Å². The van der Waals surface area contributed by atoms with Crippen LogP contribution in [0.15, 0.2) is 18.2 Å². The van der Waals surface area contributed by atoms with Crippen LogP contribution in [0, 0.1) is 5.82 Å². The van der Waals surface area contributed by atoms with Crippen LogP contribution < -0.4 is 10.1 Å². The molecule has 0 aromatic heterocycles.